The van der Waals surface area contributed by atoms with Crippen LogP contribution in [0.15, 0.2) is 40.1 Å². The maximum absolute atomic E-state index is 12.0. The number of aromatic nitrogens is 2. The first kappa shape index (κ1) is 16.8. The molecule has 3 rings (SSSR count). The number of H-pyrrole nitrogens is 1. The second-order valence-corrected chi connectivity index (χ2v) is 5.84. The van der Waals surface area contributed by atoms with Gasteiger partial charge in [0.05, 0.1) is 0 Å². The summed E-state index contributed by atoms with van der Waals surface area (Å²) in [5.74, 6) is 1.10. The molecular weight excluding hydrogens is 326 g/mol. The highest BCUT2D eigenvalue weighted by molar-refractivity contribution is 5.75. The first-order valence-corrected chi connectivity index (χ1v) is 7.98. The molecule has 1 amide bonds. The van der Waals surface area contributed by atoms with Gasteiger partial charge in [-0.25, -0.2) is 4.79 Å². The molecule has 0 saturated carbocycles. The van der Waals surface area contributed by atoms with Crippen LogP contribution in [0.5, 0.6) is 11.5 Å². The van der Waals surface area contributed by atoms with E-state index in [0.717, 1.165) is 5.75 Å². The number of amides is 1. The van der Waals surface area contributed by atoms with Gasteiger partial charge in [-0.3, -0.25) is 19.1 Å². The molecule has 0 radical (unpaired) electrons. The fourth-order valence-electron chi connectivity index (χ4n) is 2.52. The zero-order chi connectivity index (χ0) is 17.8. The van der Waals surface area contributed by atoms with Gasteiger partial charge in [-0.05, 0) is 19.1 Å². The lowest BCUT2D eigenvalue weighted by Gasteiger charge is -2.26. The van der Waals surface area contributed by atoms with Crippen molar-refractivity contribution in [3.63, 3.8) is 0 Å². The van der Waals surface area contributed by atoms with E-state index in [1.165, 1.54) is 10.8 Å². The Morgan fingerprint density at radius 3 is 2.88 bits per heavy atom. The molecule has 0 aliphatic carbocycles. The fraction of sp³-hybridized carbons (Fsp3) is 0.353. The normalized spacial score (nSPS) is 15.6. The van der Waals surface area contributed by atoms with Crippen LogP contribution in [0.3, 0.4) is 0 Å². The quantitative estimate of drug-likeness (QED) is 0.805. The molecule has 132 valence electrons. The molecule has 8 nitrogen and oxygen atoms in total. The molecule has 2 aromatic rings. The number of fused-ring (bicyclic) bond motifs is 1. The Morgan fingerprint density at radius 2 is 2.08 bits per heavy atom. The molecule has 0 spiro atoms. The van der Waals surface area contributed by atoms with E-state index in [9.17, 15) is 14.4 Å². The van der Waals surface area contributed by atoms with Gasteiger partial charge in [0.15, 0.2) is 11.5 Å². The van der Waals surface area contributed by atoms with E-state index in [2.05, 4.69) is 10.3 Å². The van der Waals surface area contributed by atoms with Crippen LogP contribution < -0.4 is 26.0 Å². The molecule has 1 unspecified atom stereocenters. The second-order valence-electron chi connectivity index (χ2n) is 5.84. The minimum Gasteiger partial charge on any atom is -0.486 e. The van der Waals surface area contributed by atoms with Gasteiger partial charge in [-0.1, -0.05) is 12.1 Å². The monoisotopic (exact) mass is 345 g/mol. The highest BCUT2D eigenvalue weighted by Gasteiger charge is 2.20. The van der Waals surface area contributed by atoms with Crippen molar-refractivity contribution in [3.05, 3.63) is 56.9 Å². The summed E-state index contributed by atoms with van der Waals surface area (Å²) >= 11 is 0. The maximum atomic E-state index is 12.0. The highest BCUT2D eigenvalue weighted by atomic mass is 16.6. The molecule has 0 saturated heterocycles. The van der Waals surface area contributed by atoms with E-state index in [4.69, 9.17) is 9.47 Å². The molecule has 8 heteroatoms. The van der Waals surface area contributed by atoms with Gasteiger partial charge in [0.25, 0.3) is 5.56 Å². The molecule has 1 aromatic carbocycles. The molecule has 25 heavy (non-hydrogen) atoms. The van der Waals surface area contributed by atoms with Crippen LogP contribution >= 0.6 is 0 Å². The standard InChI is InChI=1S/C17H19N3O5/c1-11-8-20(17(23)19-16(11)22)9-15(21)18-7-6-12-10-24-13-4-2-3-5-14(13)25-12/h2-5,8,12H,6-7,9-10H2,1H3,(H,18,21)(H,19,22,23). The summed E-state index contributed by atoms with van der Waals surface area (Å²) in [5, 5.41) is 2.74. The number of para-hydroxylation sites is 2. The summed E-state index contributed by atoms with van der Waals surface area (Å²) in [7, 11) is 0. The van der Waals surface area contributed by atoms with Gasteiger partial charge >= 0.3 is 5.69 Å². The third-order valence-corrected chi connectivity index (χ3v) is 3.86. The number of carbonyl (C=O) groups is 1. The SMILES string of the molecule is Cc1cn(CC(=O)NCCC2COc3ccccc3O2)c(=O)[nH]c1=O. The van der Waals surface area contributed by atoms with E-state index in [1.54, 1.807) is 6.92 Å². The molecule has 0 fully saturated rings. The van der Waals surface area contributed by atoms with Crippen LogP contribution in [0.1, 0.15) is 12.0 Å². The Bertz CT molecular complexity index is 886. The predicted molar refractivity (Wildman–Crippen MR) is 90.0 cm³/mol. The minimum absolute atomic E-state index is 0.145. The summed E-state index contributed by atoms with van der Waals surface area (Å²) in [6.45, 7) is 2.24. The number of benzene rings is 1. The summed E-state index contributed by atoms with van der Waals surface area (Å²) < 4.78 is 12.6. The van der Waals surface area contributed by atoms with Crippen molar-refractivity contribution in [2.45, 2.75) is 26.0 Å². The van der Waals surface area contributed by atoms with Crippen LogP contribution in [-0.4, -0.2) is 34.7 Å². The van der Waals surface area contributed by atoms with Crippen molar-refractivity contribution < 1.29 is 14.3 Å². The largest absolute Gasteiger partial charge is 0.486 e. The van der Waals surface area contributed by atoms with E-state index in [0.29, 0.717) is 30.9 Å². The Hall–Kier alpha value is -3.03. The topological polar surface area (TPSA) is 102 Å². The van der Waals surface area contributed by atoms with Crippen molar-refractivity contribution in [1.29, 1.82) is 0 Å². The fourth-order valence-corrected chi connectivity index (χ4v) is 2.52. The van der Waals surface area contributed by atoms with E-state index in [1.807, 2.05) is 24.3 Å². The molecule has 1 aromatic heterocycles. The number of ether oxygens (including phenoxy) is 2. The van der Waals surface area contributed by atoms with Gasteiger partial charge in [0.1, 0.15) is 19.3 Å². The Kier molecular flexibility index (Phi) is 4.87. The van der Waals surface area contributed by atoms with Gasteiger partial charge in [-0.15, -0.1) is 0 Å². The highest BCUT2D eigenvalue weighted by Crippen LogP contribution is 2.31. The summed E-state index contributed by atoms with van der Waals surface area (Å²) in [4.78, 5) is 37.1. The molecular formula is C17H19N3O5. The Morgan fingerprint density at radius 1 is 1.32 bits per heavy atom. The lowest BCUT2D eigenvalue weighted by Crippen LogP contribution is -2.38. The van der Waals surface area contributed by atoms with Crippen LogP contribution in [0.2, 0.25) is 0 Å². The minimum atomic E-state index is -0.605. The summed E-state index contributed by atoms with van der Waals surface area (Å²) in [5.41, 5.74) is -0.679. The van der Waals surface area contributed by atoms with Gasteiger partial charge in [-0.2, -0.15) is 0 Å². The third-order valence-electron chi connectivity index (χ3n) is 3.86. The number of nitrogens with one attached hydrogen (secondary N) is 2. The van der Waals surface area contributed by atoms with Gasteiger partial charge in [0, 0.05) is 24.7 Å². The summed E-state index contributed by atoms with van der Waals surface area (Å²) in [6, 6.07) is 7.43. The first-order chi connectivity index (χ1) is 12.0. The average Bonchev–Trinajstić information content (AvgIpc) is 2.59. The zero-order valence-corrected chi connectivity index (χ0v) is 13.8. The van der Waals surface area contributed by atoms with E-state index < -0.39 is 11.2 Å². The Balaban J connectivity index is 1.48. The van der Waals surface area contributed by atoms with Crippen molar-refractivity contribution in [1.82, 2.24) is 14.9 Å². The average molecular weight is 345 g/mol. The van der Waals surface area contributed by atoms with Crippen molar-refractivity contribution >= 4 is 5.91 Å². The molecule has 1 atom stereocenters. The molecule has 2 heterocycles. The molecule has 2 N–H and O–H groups in total. The lowest BCUT2D eigenvalue weighted by atomic mass is 10.2. The maximum Gasteiger partial charge on any atom is 0.328 e. The second kappa shape index (κ2) is 7.25. The van der Waals surface area contributed by atoms with Crippen LogP contribution in [0, 0.1) is 6.92 Å². The van der Waals surface area contributed by atoms with E-state index in [-0.39, 0.29) is 18.6 Å². The number of aromatic amines is 1. The number of carbonyl (C=O) groups excluding carboxylic acids is 1. The number of aryl methyl sites for hydroxylation is 1. The summed E-state index contributed by atoms with van der Waals surface area (Å²) in [6.07, 6.45) is 1.81. The Labute approximate surface area is 143 Å². The lowest BCUT2D eigenvalue weighted by molar-refractivity contribution is -0.121. The molecule has 1 aliphatic heterocycles. The number of nitrogens with zero attached hydrogens (tertiary/aromatic N) is 1. The smallest absolute Gasteiger partial charge is 0.328 e. The van der Waals surface area contributed by atoms with Crippen molar-refractivity contribution in [2.75, 3.05) is 13.2 Å². The molecule has 0 bridgehead atoms. The number of rotatable bonds is 5. The number of hydrogen-bond donors (Lipinski definition) is 2. The third kappa shape index (κ3) is 4.09. The first-order valence-electron chi connectivity index (χ1n) is 7.98. The van der Waals surface area contributed by atoms with Gasteiger partial charge in [0.2, 0.25) is 5.91 Å². The van der Waals surface area contributed by atoms with Crippen LogP contribution in [0.4, 0.5) is 0 Å². The van der Waals surface area contributed by atoms with Crippen LogP contribution in [0.25, 0.3) is 0 Å². The van der Waals surface area contributed by atoms with Crippen molar-refractivity contribution in [3.8, 4) is 11.5 Å². The van der Waals surface area contributed by atoms with E-state index >= 15 is 0 Å². The molecule has 1 aliphatic rings. The number of hydrogen-bond acceptors (Lipinski definition) is 5. The zero-order valence-electron chi connectivity index (χ0n) is 13.8. The van der Waals surface area contributed by atoms with Crippen molar-refractivity contribution in [2.24, 2.45) is 0 Å². The van der Waals surface area contributed by atoms with Crippen LogP contribution in [-0.2, 0) is 11.3 Å². The predicted octanol–water partition coefficient (Wildman–Crippen LogP) is 0.191. The van der Waals surface area contributed by atoms with Gasteiger partial charge < -0.3 is 14.8 Å².